The number of hydrogen-bond donors (Lipinski definition) is 3. The molecule has 9 nitrogen and oxygen atoms in total. The zero-order valence-electron chi connectivity index (χ0n) is 24.0. The molecule has 242 valence electrons. The highest BCUT2D eigenvalue weighted by Gasteiger charge is 2.42. The number of unbranched alkanes of at least 4 members (excludes halogenated alkanes) is 1. The highest BCUT2D eigenvalue weighted by atomic mass is 32.2. The Morgan fingerprint density at radius 2 is 1.82 bits per heavy atom. The Labute approximate surface area is 252 Å². The van der Waals surface area contributed by atoms with Crippen LogP contribution in [0.2, 0.25) is 0 Å². The van der Waals surface area contributed by atoms with Gasteiger partial charge in [-0.1, -0.05) is 25.5 Å². The normalized spacial score (nSPS) is 21.3. The van der Waals surface area contributed by atoms with Gasteiger partial charge in [0.25, 0.3) is 0 Å². The van der Waals surface area contributed by atoms with Gasteiger partial charge < -0.3 is 20.6 Å². The minimum atomic E-state index is -4.93. The van der Waals surface area contributed by atoms with E-state index in [2.05, 4.69) is 10.6 Å². The summed E-state index contributed by atoms with van der Waals surface area (Å²) in [6.07, 6.45) is -5.19. The molecule has 0 bridgehead atoms. The summed E-state index contributed by atoms with van der Waals surface area (Å²) in [5.74, 6) is -3.28. The molecule has 0 aromatic heterocycles. The second-order valence-corrected chi connectivity index (χ2v) is 13.0. The summed E-state index contributed by atoms with van der Waals surface area (Å²) in [5, 5.41) is 17.1. The van der Waals surface area contributed by atoms with Gasteiger partial charge in [-0.05, 0) is 42.7 Å². The summed E-state index contributed by atoms with van der Waals surface area (Å²) in [7, 11) is -4.66. The van der Waals surface area contributed by atoms with E-state index < -0.39 is 74.9 Å². The predicted molar refractivity (Wildman–Crippen MR) is 150 cm³/mol. The van der Waals surface area contributed by atoms with Crippen LogP contribution in [-0.4, -0.2) is 85.5 Å². The van der Waals surface area contributed by atoms with Crippen LogP contribution in [0.25, 0.3) is 0 Å². The van der Waals surface area contributed by atoms with Crippen molar-refractivity contribution >= 4 is 21.8 Å². The third kappa shape index (κ3) is 7.92. The summed E-state index contributed by atoms with van der Waals surface area (Å²) in [5.41, 5.74) is -1.23. The van der Waals surface area contributed by atoms with Crippen molar-refractivity contribution in [3.05, 3.63) is 65.2 Å². The standard InChI is InChI=1S/C29H35F5N4O5S/c1-2-3-9-37-16-19(14-26(37)39)28(41)36-23(13-18-11-20(30)15-21(31)12-18)27(40)24-17-38(10-8-35-24)44(42,43)25-7-5-4-6-22(25)29(32,33)34/h4-7,11-12,15,19,23-24,27,35,40H,2-3,8-10,13-14,16-17H2,1H3,(H,36,41)/t19?,23?,24-,27+/m1/s1. The lowest BCUT2D eigenvalue weighted by molar-refractivity contribution is -0.140. The second kappa shape index (κ2) is 13.9. The number of halogens is 5. The van der Waals surface area contributed by atoms with Crippen LogP contribution in [0.4, 0.5) is 22.0 Å². The van der Waals surface area contributed by atoms with E-state index in [0.29, 0.717) is 18.7 Å². The van der Waals surface area contributed by atoms with Gasteiger partial charge in [-0.25, -0.2) is 17.2 Å². The Bertz CT molecular complexity index is 1440. The molecule has 4 rings (SSSR count). The summed E-state index contributed by atoms with van der Waals surface area (Å²) in [6.45, 7) is 1.94. The summed E-state index contributed by atoms with van der Waals surface area (Å²) < 4.78 is 96.4. The number of piperazine rings is 1. The molecule has 2 aliphatic heterocycles. The first-order valence-corrected chi connectivity index (χ1v) is 15.8. The molecule has 44 heavy (non-hydrogen) atoms. The number of alkyl halides is 3. The molecule has 4 atom stereocenters. The van der Waals surface area contributed by atoms with Crippen molar-refractivity contribution in [1.29, 1.82) is 0 Å². The first kappa shape index (κ1) is 33.7. The van der Waals surface area contributed by atoms with Crippen LogP contribution in [0.3, 0.4) is 0 Å². The van der Waals surface area contributed by atoms with E-state index in [4.69, 9.17) is 0 Å². The van der Waals surface area contributed by atoms with E-state index in [1.165, 1.54) is 6.07 Å². The molecular weight excluding hydrogens is 611 g/mol. The third-order valence-corrected chi connectivity index (χ3v) is 9.80. The number of likely N-dealkylation sites (tertiary alicyclic amines) is 1. The predicted octanol–water partition coefficient (Wildman–Crippen LogP) is 2.68. The van der Waals surface area contributed by atoms with Crippen molar-refractivity contribution in [2.24, 2.45) is 5.92 Å². The minimum Gasteiger partial charge on any atom is -0.389 e. The van der Waals surface area contributed by atoms with Gasteiger partial charge in [-0.2, -0.15) is 17.5 Å². The number of aliphatic hydroxyl groups is 1. The molecule has 0 saturated carbocycles. The number of nitrogens with zero attached hydrogens (tertiary/aromatic N) is 2. The Balaban J connectivity index is 1.56. The number of sulfonamides is 1. The van der Waals surface area contributed by atoms with Crippen LogP contribution in [0, 0.1) is 17.6 Å². The fourth-order valence-corrected chi connectivity index (χ4v) is 7.27. The maximum Gasteiger partial charge on any atom is 0.417 e. The summed E-state index contributed by atoms with van der Waals surface area (Å²) in [6, 6.07) is 4.22. The van der Waals surface area contributed by atoms with Crippen LogP contribution in [0.5, 0.6) is 0 Å². The number of benzene rings is 2. The van der Waals surface area contributed by atoms with Crippen LogP contribution in [0.15, 0.2) is 47.4 Å². The van der Waals surface area contributed by atoms with Gasteiger partial charge in [-0.3, -0.25) is 9.59 Å². The maximum atomic E-state index is 14.0. The number of hydrogen-bond acceptors (Lipinski definition) is 6. The van der Waals surface area contributed by atoms with Gasteiger partial charge >= 0.3 is 6.18 Å². The number of rotatable bonds is 11. The lowest BCUT2D eigenvalue weighted by Crippen LogP contribution is -2.62. The Morgan fingerprint density at radius 3 is 2.48 bits per heavy atom. The number of nitrogens with one attached hydrogen (secondary N) is 2. The van der Waals surface area contributed by atoms with Crippen molar-refractivity contribution in [2.45, 2.75) is 61.9 Å². The van der Waals surface area contributed by atoms with Crippen molar-refractivity contribution < 1.29 is 45.1 Å². The molecule has 3 N–H and O–H groups in total. The van der Waals surface area contributed by atoms with E-state index in [9.17, 15) is 45.1 Å². The van der Waals surface area contributed by atoms with Crippen molar-refractivity contribution in [3.63, 3.8) is 0 Å². The minimum absolute atomic E-state index is 0.0338. The van der Waals surface area contributed by atoms with E-state index in [0.717, 1.165) is 41.4 Å². The van der Waals surface area contributed by atoms with Crippen LogP contribution in [-0.2, 0) is 32.2 Å². The molecule has 2 aliphatic rings. The first-order chi connectivity index (χ1) is 20.7. The molecule has 2 unspecified atom stereocenters. The van der Waals surface area contributed by atoms with Crippen molar-refractivity contribution in [1.82, 2.24) is 19.8 Å². The van der Waals surface area contributed by atoms with E-state index in [-0.39, 0.29) is 43.9 Å². The summed E-state index contributed by atoms with van der Waals surface area (Å²) >= 11 is 0. The molecule has 2 amide bonds. The van der Waals surface area contributed by atoms with E-state index in [1.807, 2.05) is 6.92 Å². The highest BCUT2D eigenvalue weighted by molar-refractivity contribution is 7.89. The van der Waals surface area contributed by atoms with Gasteiger partial charge in [0.1, 0.15) is 11.6 Å². The smallest absolute Gasteiger partial charge is 0.389 e. The molecule has 0 aliphatic carbocycles. The van der Waals surface area contributed by atoms with Gasteiger partial charge in [0, 0.05) is 51.3 Å². The van der Waals surface area contributed by atoms with Gasteiger partial charge in [0.05, 0.1) is 28.5 Å². The Kier molecular flexibility index (Phi) is 10.6. The fourth-order valence-electron chi connectivity index (χ4n) is 5.60. The SMILES string of the molecule is CCCCN1CC(C(=O)NC(Cc2cc(F)cc(F)c2)[C@H](O)[C@H]2CN(S(=O)(=O)c3ccccc3C(F)(F)F)CCN2)CC1=O. The second-order valence-electron chi connectivity index (χ2n) is 11.1. The Morgan fingerprint density at radius 1 is 1.14 bits per heavy atom. The lowest BCUT2D eigenvalue weighted by Gasteiger charge is -2.38. The zero-order chi connectivity index (χ0) is 32.2. The molecule has 2 heterocycles. The third-order valence-electron chi connectivity index (χ3n) is 7.88. The van der Waals surface area contributed by atoms with Crippen LogP contribution >= 0.6 is 0 Å². The van der Waals surface area contributed by atoms with Crippen molar-refractivity contribution in [3.8, 4) is 0 Å². The van der Waals surface area contributed by atoms with Gasteiger partial charge in [-0.15, -0.1) is 0 Å². The largest absolute Gasteiger partial charge is 0.417 e. The molecule has 0 spiro atoms. The molecule has 2 fully saturated rings. The van der Waals surface area contributed by atoms with E-state index >= 15 is 0 Å². The van der Waals surface area contributed by atoms with Crippen LogP contribution < -0.4 is 10.6 Å². The lowest BCUT2D eigenvalue weighted by atomic mass is 9.94. The average molecular weight is 647 g/mol. The molecule has 0 radical (unpaired) electrons. The number of amides is 2. The first-order valence-electron chi connectivity index (χ1n) is 14.3. The molecule has 2 aromatic carbocycles. The number of carbonyl (C=O) groups excluding carboxylic acids is 2. The number of aliphatic hydroxyl groups excluding tert-OH is 1. The van der Waals surface area contributed by atoms with Crippen LogP contribution in [0.1, 0.15) is 37.3 Å². The molecule has 15 heteroatoms. The fraction of sp³-hybridized carbons (Fsp3) is 0.517. The van der Waals surface area contributed by atoms with Gasteiger partial charge in [0.15, 0.2) is 0 Å². The van der Waals surface area contributed by atoms with Gasteiger partial charge in [0.2, 0.25) is 21.8 Å². The topological polar surface area (TPSA) is 119 Å². The van der Waals surface area contributed by atoms with E-state index in [1.54, 1.807) is 4.90 Å². The quantitative estimate of drug-likeness (QED) is 0.323. The molecule has 2 aromatic rings. The highest BCUT2D eigenvalue weighted by Crippen LogP contribution is 2.35. The maximum absolute atomic E-state index is 14.0. The monoisotopic (exact) mass is 646 g/mol. The Hall–Kier alpha value is -3.14. The average Bonchev–Trinajstić information content (AvgIpc) is 3.34. The van der Waals surface area contributed by atoms with Crippen molar-refractivity contribution in [2.75, 3.05) is 32.7 Å². The molecular formula is C29H35F5N4O5S. The molecule has 2 saturated heterocycles. The zero-order valence-corrected chi connectivity index (χ0v) is 24.8. The number of carbonyl (C=O) groups is 2. The summed E-state index contributed by atoms with van der Waals surface area (Å²) in [4.78, 5) is 26.4.